The maximum atomic E-state index is 3.49. The first-order valence-electron chi connectivity index (χ1n) is 7.14. The third-order valence-electron chi connectivity index (χ3n) is 3.29. The molecule has 0 saturated heterocycles. The van der Waals surface area contributed by atoms with Gasteiger partial charge in [0.25, 0.3) is 0 Å². The second kappa shape index (κ2) is 9.86. The first-order chi connectivity index (χ1) is 8.02. The van der Waals surface area contributed by atoms with Crippen molar-refractivity contribution < 1.29 is 0 Å². The highest BCUT2D eigenvalue weighted by molar-refractivity contribution is 4.75. The molecule has 0 aliphatic heterocycles. The zero-order chi connectivity index (χ0) is 13.3. The van der Waals surface area contributed by atoms with Gasteiger partial charge in [-0.1, -0.05) is 13.8 Å². The van der Waals surface area contributed by atoms with Gasteiger partial charge in [0.2, 0.25) is 0 Å². The fourth-order valence-corrected chi connectivity index (χ4v) is 2.47. The van der Waals surface area contributed by atoms with Crippen LogP contribution in [0.4, 0.5) is 0 Å². The number of hydrogen-bond donors (Lipinski definition) is 1. The molecular formula is C14H33N3. The Morgan fingerprint density at radius 1 is 1.00 bits per heavy atom. The van der Waals surface area contributed by atoms with Crippen LogP contribution in [0, 0.1) is 0 Å². The summed E-state index contributed by atoms with van der Waals surface area (Å²) in [7, 11) is 4.30. The summed E-state index contributed by atoms with van der Waals surface area (Å²) < 4.78 is 0. The molecule has 0 aromatic rings. The number of nitrogens with one attached hydrogen (secondary N) is 1. The van der Waals surface area contributed by atoms with E-state index in [1.807, 2.05) is 0 Å². The number of nitrogens with zero attached hydrogens (tertiary/aromatic N) is 2. The van der Waals surface area contributed by atoms with Crippen molar-refractivity contribution in [2.75, 3.05) is 40.3 Å². The topological polar surface area (TPSA) is 18.5 Å². The van der Waals surface area contributed by atoms with Gasteiger partial charge in [-0.2, -0.15) is 0 Å². The van der Waals surface area contributed by atoms with Crippen molar-refractivity contribution in [2.24, 2.45) is 0 Å². The van der Waals surface area contributed by atoms with Crippen LogP contribution in [0.25, 0.3) is 0 Å². The molecule has 0 rings (SSSR count). The highest BCUT2D eigenvalue weighted by Crippen LogP contribution is 2.09. The van der Waals surface area contributed by atoms with Crippen LogP contribution in [-0.2, 0) is 0 Å². The Hall–Kier alpha value is -0.120. The van der Waals surface area contributed by atoms with E-state index >= 15 is 0 Å². The van der Waals surface area contributed by atoms with Gasteiger partial charge in [-0.3, -0.25) is 4.90 Å². The molecule has 0 fully saturated rings. The molecule has 17 heavy (non-hydrogen) atoms. The summed E-state index contributed by atoms with van der Waals surface area (Å²) in [4.78, 5) is 4.88. The molecule has 0 aromatic carbocycles. The van der Waals surface area contributed by atoms with Crippen LogP contribution in [0.3, 0.4) is 0 Å². The quantitative estimate of drug-likeness (QED) is 0.592. The molecule has 3 heteroatoms. The summed E-state index contributed by atoms with van der Waals surface area (Å²) >= 11 is 0. The van der Waals surface area contributed by atoms with Gasteiger partial charge in [0.1, 0.15) is 0 Å². The standard InChI is InChI=1S/C14H33N3/c1-7-10-15-11-9-13(3)17(8-2)14(4)12-16(5)6/h13-15H,7-12H2,1-6H3. The van der Waals surface area contributed by atoms with E-state index in [-0.39, 0.29) is 0 Å². The van der Waals surface area contributed by atoms with Crippen LogP contribution in [0.1, 0.15) is 40.5 Å². The number of rotatable bonds is 10. The van der Waals surface area contributed by atoms with E-state index in [1.54, 1.807) is 0 Å². The predicted octanol–water partition coefficient (Wildman–Crippen LogP) is 2.04. The van der Waals surface area contributed by atoms with Gasteiger partial charge in [0.05, 0.1) is 0 Å². The molecule has 0 aliphatic rings. The van der Waals surface area contributed by atoms with Crippen molar-refractivity contribution in [3.63, 3.8) is 0 Å². The Balaban J connectivity index is 3.97. The van der Waals surface area contributed by atoms with Gasteiger partial charge < -0.3 is 10.2 Å². The molecule has 0 amide bonds. The molecule has 2 atom stereocenters. The Morgan fingerprint density at radius 3 is 2.12 bits per heavy atom. The van der Waals surface area contributed by atoms with Gasteiger partial charge in [-0.15, -0.1) is 0 Å². The Morgan fingerprint density at radius 2 is 1.65 bits per heavy atom. The van der Waals surface area contributed by atoms with Crippen molar-refractivity contribution >= 4 is 0 Å². The summed E-state index contributed by atoms with van der Waals surface area (Å²) in [6.07, 6.45) is 2.47. The molecule has 0 aliphatic carbocycles. The zero-order valence-electron chi connectivity index (χ0n) is 12.8. The number of likely N-dealkylation sites (N-methyl/N-ethyl adjacent to an activating group) is 2. The number of hydrogen-bond acceptors (Lipinski definition) is 3. The molecular weight excluding hydrogens is 210 g/mol. The molecule has 0 spiro atoms. The third-order valence-corrected chi connectivity index (χ3v) is 3.29. The smallest absolute Gasteiger partial charge is 0.0197 e. The Kier molecular flexibility index (Phi) is 9.79. The molecule has 0 heterocycles. The lowest BCUT2D eigenvalue weighted by Crippen LogP contribution is -2.45. The van der Waals surface area contributed by atoms with Crippen LogP contribution >= 0.6 is 0 Å². The van der Waals surface area contributed by atoms with Gasteiger partial charge in [0.15, 0.2) is 0 Å². The minimum absolute atomic E-state index is 0.635. The van der Waals surface area contributed by atoms with Crippen molar-refractivity contribution in [1.82, 2.24) is 15.1 Å². The van der Waals surface area contributed by atoms with Gasteiger partial charge in [-0.05, 0) is 60.4 Å². The summed E-state index contributed by atoms with van der Waals surface area (Å²) in [6.45, 7) is 13.7. The summed E-state index contributed by atoms with van der Waals surface area (Å²) in [6, 6.07) is 1.30. The van der Waals surface area contributed by atoms with E-state index in [1.165, 1.54) is 12.8 Å². The van der Waals surface area contributed by atoms with Crippen molar-refractivity contribution in [3.8, 4) is 0 Å². The minimum atomic E-state index is 0.635. The Labute approximate surface area is 109 Å². The van der Waals surface area contributed by atoms with Crippen LogP contribution in [0.2, 0.25) is 0 Å². The second-order valence-corrected chi connectivity index (χ2v) is 5.33. The van der Waals surface area contributed by atoms with E-state index in [9.17, 15) is 0 Å². The summed E-state index contributed by atoms with van der Waals surface area (Å²) in [5.41, 5.74) is 0. The van der Waals surface area contributed by atoms with E-state index in [0.29, 0.717) is 12.1 Å². The fraction of sp³-hybridized carbons (Fsp3) is 1.00. The highest BCUT2D eigenvalue weighted by Gasteiger charge is 2.18. The minimum Gasteiger partial charge on any atom is -0.317 e. The second-order valence-electron chi connectivity index (χ2n) is 5.33. The lowest BCUT2D eigenvalue weighted by Gasteiger charge is -2.35. The molecule has 1 N–H and O–H groups in total. The lowest BCUT2D eigenvalue weighted by atomic mass is 10.1. The first-order valence-corrected chi connectivity index (χ1v) is 7.14. The normalized spacial score (nSPS) is 15.5. The van der Waals surface area contributed by atoms with Gasteiger partial charge in [-0.25, -0.2) is 0 Å². The van der Waals surface area contributed by atoms with Crippen molar-refractivity contribution in [1.29, 1.82) is 0 Å². The summed E-state index contributed by atoms with van der Waals surface area (Å²) in [5, 5.41) is 3.49. The molecule has 2 unspecified atom stereocenters. The maximum Gasteiger partial charge on any atom is 0.0197 e. The molecule has 0 saturated carbocycles. The molecule has 0 bridgehead atoms. The average Bonchev–Trinajstić information content (AvgIpc) is 2.24. The third kappa shape index (κ3) is 7.74. The SMILES string of the molecule is CCCNCCC(C)N(CC)C(C)CN(C)C. The van der Waals surface area contributed by atoms with Crippen LogP contribution in [0.15, 0.2) is 0 Å². The summed E-state index contributed by atoms with van der Waals surface area (Å²) in [5.74, 6) is 0. The van der Waals surface area contributed by atoms with Gasteiger partial charge in [0, 0.05) is 18.6 Å². The maximum absolute atomic E-state index is 3.49. The van der Waals surface area contributed by atoms with E-state index in [2.05, 4.69) is 56.9 Å². The average molecular weight is 243 g/mol. The molecule has 0 radical (unpaired) electrons. The van der Waals surface area contributed by atoms with Crippen LogP contribution in [0.5, 0.6) is 0 Å². The van der Waals surface area contributed by atoms with E-state index < -0.39 is 0 Å². The molecule has 104 valence electrons. The van der Waals surface area contributed by atoms with E-state index in [4.69, 9.17) is 0 Å². The zero-order valence-corrected chi connectivity index (χ0v) is 12.8. The highest BCUT2D eigenvalue weighted by atomic mass is 15.2. The van der Waals surface area contributed by atoms with Crippen molar-refractivity contribution in [2.45, 2.75) is 52.6 Å². The largest absolute Gasteiger partial charge is 0.317 e. The van der Waals surface area contributed by atoms with Crippen molar-refractivity contribution in [3.05, 3.63) is 0 Å². The Bertz CT molecular complexity index is 171. The lowest BCUT2D eigenvalue weighted by molar-refractivity contribution is 0.131. The van der Waals surface area contributed by atoms with Gasteiger partial charge >= 0.3 is 0 Å². The first kappa shape index (κ1) is 16.9. The molecule has 0 aromatic heterocycles. The van der Waals surface area contributed by atoms with Crippen LogP contribution in [-0.4, -0.2) is 62.2 Å². The molecule has 3 nitrogen and oxygen atoms in total. The van der Waals surface area contributed by atoms with E-state index in [0.717, 1.165) is 26.2 Å². The van der Waals surface area contributed by atoms with Crippen LogP contribution < -0.4 is 5.32 Å². The fourth-order valence-electron chi connectivity index (χ4n) is 2.47. The monoisotopic (exact) mass is 243 g/mol. The predicted molar refractivity (Wildman–Crippen MR) is 77.6 cm³/mol.